The highest BCUT2D eigenvalue weighted by Gasteiger charge is 2.40. The van der Waals surface area contributed by atoms with Gasteiger partial charge < -0.3 is 10.4 Å². The first-order valence-corrected chi connectivity index (χ1v) is 5.15. The minimum atomic E-state index is -5.24. The maximum atomic E-state index is 13.4. The molecule has 1 atom stereocenters. The fourth-order valence-corrected chi connectivity index (χ4v) is 1.44. The summed E-state index contributed by atoms with van der Waals surface area (Å²) in [6, 6.07) is 0.133. The number of amides is 1. The van der Waals surface area contributed by atoms with Crippen LogP contribution in [0.5, 0.6) is 0 Å². The van der Waals surface area contributed by atoms with Crippen LogP contribution in [0.25, 0.3) is 0 Å². The fourth-order valence-electron chi connectivity index (χ4n) is 1.44. The Kier molecular flexibility index (Phi) is 4.64. The molecular formula is C11H8F5NO3. The number of carbonyl (C=O) groups is 2. The summed E-state index contributed by atoms with van der Waals surface area (Å²) in [5.74, 6) is -6.20. The average Bonchev–Trinajstić information content (AvgIpc) is 2.26. The molecule has 1 rings (SSSR count). The van der Waals surface area contributed by atoms with Gasteiger partial charge in [0.15, 0.2) is 0 Å². The summed E-state index contributed by atoms with van der Waals surface area (Å²) in [4.78, 5) is 21.3. The lowest BCUT2D eigenvalue weighted by molar-refractivity contribution is -0.174. The molecule has 1 amide bonds. The van der Waals surface area contributed by atoms with E-state index < -0.39 is 47.7 Å². The largest absolute Gasteiger partial charge is 0.481 e. The Hall–Kier alpha value is -2.19. The Morgan fingerprint density at radius 3 is 2.30 bits per heavy atom. The molecule has 0 bridgehead atoms. The van der Waals surface area contributed by atoms with E-state index in [1.807, 2.05) is 0 Å². The monoisotopic (exact) mass is 297 g/mol. The van der Waals surface area contributed by atoms with E-state index in [0.29, 0.717) is 6.07 Å². The smallest absolute Gasteiger partial charge is 0.471 e. The molecule has 0 aliphatic carbocycles. The van der Waals surface area contributed by atoms with Crippen molar-refractivity contribution in [2.45, 2.75) is 18.6 Å². The third-order valence-corrected chi connectivity index (χ3v) is 2.28. The number of carboxylic acid groups (broad SMARTS) is 1. The normalized spacial score (nSPS) is 12.8. The SMILES string of the molecule is O=C(O)C[C@@H](NC(=O)C(F)(F)F)c1ccc(F)cc1F. The van der Waals surface area contributed by atoms with Gasteiger partial charge in [0.05, 0.1) is 12.5 Å². The number of aliphatic carboxylic acids is 1. The second-order valence-electron chi connectivity index (χ2n) is 3.79. The number of hydrogen-bond acceptors (Lipinski definition) is 2. The third-order valence-electron chi connectivity index (χ3n) is 2.28. The lowest BCUT2D eigenvalue weighted by Gasteiger charge is -2.19. The Morgan fingerprint density at radius 2 is 1.85 bits per heavy atom. The van der Waals surface area contributed by atoms with Crippen LogP contribution in [0.4, 0.5) is 22.0 Å². The summed E-state index contributed by atoms with van der Waals surface area (Å²) in [7, 11) is 0. The van der Waals surface area contributed by atoms with Gasteiger partial charge in [0, 0.05) is 11.6 Å². The number of halogens is 5. The minimum Gasteiger partial charge on any atom is -0.481 e. The zero-order valence-electron chi connectivity index (χ0n) is 9.67. The minimum absolute atomic E-state index is 0.379. The predicted octanol–water partition coefficient (Wildman–Crippen LogP) is 2.16. The molecule has 0 aromatic heterocycles. The molecule has 0 spiro atoms. The number of alkyl halides is 3. The summed E-state index contributed by atoms with van der Waals surface area (Å²) in [6.45, 7) is 0. The highest BCUT2D eigenvalue weighted by atomic mass is 19.4. The van der Waals surface area contributed by atoms with Crippen LogP contribution in [-0.4, -0.2) is 23.2 Å². The van der Waals surface area contributed by atoms with Crippen LogP contribution in [0, 0.1) is 11.6 Å². The van der Waals surface area contributed by atoms with Gasteiger partial charge in [-0.25, -0.2) is 8.78 Å². The predicted molar refractivity (Wildman–Crippen MR) is 55.5 cm³/mol. The number of carboxylic acids is 1. The van der Waals surface area contributed by atoms with Gasteiger partial charge in [-0.15, -0.1) is 0 Å². The maximum Gasteiger partial charge on any atom is 0.471 e. The third kappa shape index (κ3) is 4.18. The van der Waals surface area contributed by atoms with Gasteiger partial charge in [0.25, 0.3) is 0 Å². The number of nitrogens with one attached hydrogen (secondary N) is 1. The molecule has 0 saturated heterocycles. The lowest BCUT2D eigenvalue weighted by Crippen LogP contribution is -2.40. The van der Waals surface area contributed by atoms with Gasteiger partial charge in [-0.1, -0.05) is 6.07 Å². The summed E-state index contributed by atoms with van der Waals surface area (Å²) < 4.78 is 62.5. The number of rotatable bonds is 4. The Bertz CT molecular complexity index is 529. The lowest BCUT2D eigenvalue weighted by atomic mass is 10.0. The number of hydrogen-bond donors (Lipinski definition) is 2. The molecule has 4 nitrogen and oxygen atoms in total. The summed E-state index contributed by atoms with van der Waals surface area (Å²) in [5.41, 5.74) is -0.550. The molecule has 9 heteroatoms. The van der Waals surface area contributed by atoms with Crippen LogP contribution in [0.15, 0.2) is 18.2 Å². The fraction of sp³-hybridized carbons (Fsp3) is 0.273. The van der Waals surface area contributed by atoms with Gasteiger partial charge in [-0.2, -0.15) is 13.2 Å². The van der Waals surface area contributed by atoms with Crippen molar-refractivity contribution in [1.82, 2.24) is 5.32 Å². The second kappa shape index (κ2) is 5.85. The van der Waals surface area contributed by atoms with E-state index in [1.54, 1.807) is 0 Å². The topological polar surface area (TPSA) is 66.4 Å². The van der Waals surface area contributed by atoms with Gasteiger partial charge in [-0.3, -0.25) is 9.59 Å². The molecule has 1 aromatic carbocycles. The molecule has 0 heterocycles. The molecule has 0 aliphatic heterocycles. The van der Waals surface area contributed by atoms with Crippen LogP contribution >= 0.6 is 0 Å². The van der Waals surface area contributed by atoms with Gasteiger partial charge >= 0.3 is 18.1 Å². The summed E-state index contributed by atoms with van der Waals surface area (Å²) in [6.07, 6.45) is -6.22. The van der Waals surface area contributed by atoms with E-state index in [0.717, 1.165) is 12.1 Å². The first-order chi connectivity index (χ1) is 9.11. The van der Waals surface area contributed by atoms with Gasteiger partial charge in [0.2, 0.25) is 0 Å². The zero-order chi connectivity index (χ0) is 15.5. The van der Waals surface area contributed by atoms with E-state index in [-0.39, 0.29) is 0 Å². The van der Waals surface area contributed by atoms with Crippen LogP contribution in [-0.2, 0) is 9.59 Å². The van der Waals surface area contributed by atoms with E-state index in [1.165, 1.54) is 5.32 Å². The molecule has 0 aliphatic rings. The Labute approximate surface area is 109 Å². The van der Waals surface area contributed by atoms with Crippen LogP contribution in [0.1, 0.15) is 18.0 Å². The number of benzene rings is 1. The molecule has 1 aromatic rings. The van der Waals surface area contributed by atoms with Crippen LogP contribution in [0.2, 0.25) is 0 Å². The molecule has 110 valence electrons. The quantitative estimate of drug-likeness (QED) is 0.837. The van der Waals surface area contributed by atoms with Gasteiger partial charge in [-0.05, 0) is 6.07 Å². The average molecular weight is 297 g/mol. The van der Waals surface area contributed by atoms with Crippen LogP contribution < -0.4 is 5.32 Å². The van der Waals surface area contributed by atoms with Crippen molar-refractivity contribution in [1.29, 1.82) is 0 Å². The summed E-state index contributed by atoms with van der Waals surface area (Å²) in [5, 5.41) is 9.93. The van der Waals surface area contributed by atoms with Crippen LogP contribution in [0.3, 0.4) is 0 Å². The second-order valence-corrected chi connectivity index (χ2v) is 3.79. The molecule has 2 N–H and O–H groups in total. The molecule has 0 radical (unpaired) electrons. The van der Waals surface area contributed by atoms with Crippen molar-refractivity contribution in [3.05, 3.63) is 35.4 Å². The first-order valence-electron chi connectivity index (χ1n) is 5.15. The molecule has 20 heavy (non-hydrogen) atoms. The highest BCUT2D eigenvalue weighted by molar-refractivity contribution is 5.82. The van der Waals surface area contributed by atoms with E-state index in [9.17, 15) is 31.5 Å². The van der Waals surface area contributed by atoms with Crippen molar-refractivity contribution >= 4 is 11.9 Å². The molecular weight excluding hydrogens is 289 g/mol. The molecule has 0 unspecified atom stereocenters. The number of carbonyl (C=O) groups excluding carboxylic acids is 1. The van der Waals surface area contributed by atoms with Crippen molar-refractivity contribution in [2.24, 2.45) is 0 Å². The van der Waals surface area contributed by atoms with Crippen molar-refractivity contribution in [2.75, 3.05) is 0 Å². The van der Waals surface area contributed by atoms with E-state index in [2.05, 4.69) is 0 Å². The molecule has 0 saturated carbocycles. The van der Waals surface area contributed by atoms with E-state index in [4.69, 9.17) is 5.11 Å². The van der Waals surface area contributed by atoms with Gasteiger partial charge in [0.1, 0.15) is 11.6 Å². The van der Waals surface area contributed by atoms with E-state index >= 15 is 0 Å². The van der Waals surface area contributed by atoms with Crippen molar-refractivity contribution in [3.63, 3.8) is 0 Å². The highest BCUT2D eigenvalue weighted by Crippen LogP contribution is 2.23. The van der Waals surface area contributed by atoms with Crippen molar-refractivity contribution in [3.8, 4) is 0 Å². The Balaban J connectivity index is 3.06. The first kappa shape index (κ1) is 15.9. The standard InChI is InChI=1S/C11H8F5NO3/c12-5-1-2-6(7(13)3-5)8(4-9(18)19)17-10(20)11(14,15)16/h1-3,8H,4H2,(H,17,20)(H,18,19)/t8-/m1/s1. The molecule has 0 fully saturated rings. The van der Waals surface area contributed by atoms with Crippen molar-refractivity contribution < 1.29 is 36.6 Å². The maximum absolute atomic E-state index is 13.4. The summed E-state index contributed by atoms with van der Waals surface area (Å²) >= 11 is 0. The Morgan fingerprint density at radius 1 is 1.25 bits per heavy atom. The zero-order valence-corrected chi connectivity index (χ0v) is 9.67.